The lowest BCUT2D eigenvalue weighted by atomic mass is 9.74. The van der Waals surface area contributed by atoms with Gasteiger partial charge in [0.25, 0.3) is 0 Å². The second-order valence-corrected chi connectivity index (χ2v) is 7.37. The molecule has 3 heteroatoms. The molecule has 0 aromatic heterocycles. The van der Waals surface area contributed by atoms with Crippen molar-refractivity contribution in [1.82, 2.24) is 4.90 Å². The topological polar surface area (TPSA) is 44.1 Å². The molecule has 3 nitrogen and oxygen atoms in total. The Morgan fingerprint density at radius 3 is 2.33 bits per heavy atom. The average molecular weight is 290 g/mol. The summed E-state index contributed by atoms with van der Waals surface area (Å²) in [5, 5.41) is 9.68. The summed E-state index contributed by atoms with van der Waals surface area (Å²) in [7, 11) is 0. The van der Waals surface area contributed by atoms with Crippen molar-refractivity contribution < 1.29 is 4.79 Å². The van der Waals surface area contributed by atoms with Crippen LogP contribution >= 0.6 is 0 Å². The molecule has 0 spiro atoms. The van der Waals surface area contributed by atoms with Gasteiger partial charge in [0.05, 0.1) is 6.07 Å². The number of carbonyl (C=O) groups excluding carboxylic acids is 1. The highest BCUT2D eigenvalue weighted by atomic mass is 16.2. The maximum Gasteiger partial charge on any atom is 0.243 e. The van der Waals surface area contributed by atoms with Crippen LogP contribution < -0.4 is 0 Å². The molecule has 2 rings (SSSR count). The first kappa shape index (κ1) is 16.3. The third-order valence-corrected chi connectivity index (χ3v) is 5.30. The standard InChI is InChI=1S/C18H30N2O/c1-15(2)10-13-20(16-8-4-5-9-16)17(21)18(14-19)11-6-3-7-12-18/h15-16H,3-13H2,1-2H3. The van der Waals surface area contributed by atoms with Gasteiger partial charge in [-0.1, -0.05) is 46.0 Å². The summed E-state index contributed by atoms with van der Waals surface area (Å²) in [5.74, 6) is 0.753. The summed E-state index contributed by atoms with van der Waals surface area (Å²) in [4.78, 5) is 15.3. The second-order valence-electron chi connectivity index (χ2n) is 7.37. The molecule has 0 aromatic carbocycles. The van der Waals surface area contributed by atoms with Gasteiger partial charge in [0, 0.05) is 12.6 Å². The van der Waals surface area contributed by atoms with Crippen LogP contribution in [0.25, 0.3) is 0 Å². The Morgan fingerprint density at radius 2 is 1.81 bits per heavy atom. The molecular weight excluding hydrogens is 260 g/mol. The first-order valence-corrected chi connectivity index (χ1v) is 8.81. The number of nitrogens with zero attached hydrogens (tertiary/aromatic N) is 2. The van der Waals surface area contributed by atoms with E-state index in [1.54, 1.807) is 0 Å². The normalized spacial score (nSPS) is 22.2. The molecule has 0 atom stereocenters. The minimum atomic E-state index is -0.710. The fourth-order valence-electron chi connectivity index (χ4n) is 3.87. The van der Waals surface area contributed by atoms with Crippen LogP contribution in [0.5, 0.6) is 0 Å². The summed E-state index contributed by atoms with van der Waals surface area (Å²) in [6, 6.07) is 2.81. The van der Waals surface area contributed by atoms with Crippen molar-refractivity contribution >= 4 is 5.91 Å². The maximum atomic E-state index is 13.2. The Hall–Kier alpha value is -1.04. The number of carbonyl (C=O) groups is 1. The van der Waals surface area contributed by atoms with E-state index in [-0.39, 0.29) is 5.91 Å². The number of rotatable bonds is 5. The van der Waals surface area contributed by atoms with Crippen LogP contribution in [0, 0.1) is 22.7 Å². The van der Waals surface area contributed by atoms with Crippen LogP contribution in [0.1, 0.15) is 78.1 Å². The lowest BCUT2D eigenvalue weighted by Gasteiger charge is -2.38. The molecule has 0 aromatic rings. The quantitative estimate of drug-likeness (QED) is 0.758. The van der Waals surface area contributed by atoms with Crippen LogP contribution in [0.2, 0.25) is 0 Å². The minimum Gasteiger partial charge on any atom is -0.338 e. The molecule has 2 saturated carbocycles. The Balaban J connectivity index is 2.13. The molecule has 0 radical (unpaired) electrons. The summed E-state index contributed by atoms with van der Waals surface area (Å²) >= 11 is 0. The molecule has 0 aliphatic heterocycles. The van der Waals surface area contributed by atoms with Gasteiger partial charge in [-0.05, 0) is 38.0 Å². The van der Waals surface area contributed by atoms with Gasteiger partial charge in [0.15, 0.2) is 0 Å². The minimum absolute atomic E-state index is 0.150. The van der Waals surface area contributed by atoms with E-state index in [1.165, 1.54) is 19.3 Å². The van der Waals surface area contributed by atoms with Crippen LogP contribution in [-0.4, -0.2) is 23.4 Å². The Labute approximate surface area is 129 Å². The van der Waals surface area contributed by atoms with E-state index in [2.05, 4.69) is 24.8 Å². The van der Waals surface area contributed by atoms with Gasteiger partial charge in [-0.15, -0.1) is 0 Å². The molecule has 0 unspecified atom stereocenters. The highest BCUT2D eigenvalue weighted by Crippen LogP contribution is 2.39. The molecule has 21 heavy (non-hydrogen) atoms. The fraction of sp³-hybridized carbons (Fsp3) is 0.889. The largest absolute Gasteiger partial charge is 0.338 e. The van der Waals surface area contributed by atoms with Gasteiger partial charge in [0.1, 0.15) is 5.41 Å². The molecule has 2 aliphatic rings. The van der Waals surface area contributed by atoms with Crippen molar-refractivity contribution in [3.63, 3.8) is 0 Å². The van der Waals surface area contributed by atoms with Crippen LogP contribution in [-0.2, 0) is 4.79 Å². The van der Waals surface area contributed by atoms with E-state index in [1.807, 2.05) is 0 Å². The van der Waals surface area contributed by atoms with E-state index >= 15 is 0 Å². The molecule has 1 amide bonds. The molecule has 118 valence electrons. The average Bonchev–Trinajstić information content (AvgIpc) is 3.02. The lowest BCUT2D eigenvalue weighted by molar-refractivity contribution is -0.143. The lowest BCUT2D eigenvalue weighted by Crippen LogP contribution is -2.49. The summed E-state index contributed by atoms with van der Waals surface area (Å²) in [5.41, 5.74) is -0.710. The van der Waals surface area contributed by atoms with Crippen molar-refractivity contribution in [2.24, 2.45) is 11.3 Å². The first-order chi connectivity index (χ1) is 10.1. The van der Waals surface area contributed by atoms with E-state index in [9.17, 15) is 10.1 Å². The van der Waals surface area contributed by atoms with Gasteiger partial charge < -0.3 is 4.90 Å². The van der Waals surface area contributed by atoms with Crippen molar-refractivity contribution in [2.45, 2.75) is 84.1 Å². The molecule has 0 bridgehead atoms. The first-order valence-electron chi connectivity index (χ1n) is 8.81. The number of amides is 1. The summed E-state index contributed by atoms with van der Waals surface area (Å²) in [6.45, 7) is 5.25. The number of hydrogen-bond acceptors (Lipinski definition) is 2. The zero-order valence-electron chi connectivity index (χ0n) is 13.7. The molecular formula is C18H30N2O. The van der Waals surface area contributed by atoms with Crippen molar-refractivity contribution in [2.75, 3.05) is 6.54 Å². The summed E-state index contributed by atoms with van der Waals surface area (Å²) < 4.78 is 0. The van der Waals surface area contributed by atoms with E-state index in [0.29, 0.717) is 12.0 Å². The Kier molecular flexibility index (Phi) is 5.67. The molecule has 2 aliphatic carbocycles. The van der Waals surface area contributed by atoms with Crippen LogP contribution in [0.15, 0.2) is 0 Å². The predicted molar refractivity (Wildman–Crippen MR) is 84.6 cm³/mol. The monoisotopic (exact) mass is 290 g/mol. The van der Waals surface area contributed by atoms with Gasteiger partial charge in [-0.2, -0.15) is 5.26 Å². The molecule has 0 N–H and O–H groups in total. The predicted octanol–water partition coefficient (Wildman–Crippen LogP) is 4.28. The van der Waals surface area contributed by atoms with Crippen molar-refractivity contribution in [3.05, 3.63) is 0 Å². The van der Waals surface area contributed by atoms with E-state index in [0.717, 1.165) is 51.5 Å². The maximum absolute atomic E-state index is 13.2. The third-order valence-electron chi connectivity index (χ3n) is 5.30. The Bertz CT molecular complexity index is 385. The van der Waals surface area contributed by atoms with Gasteiger partial charge in [-0.25, -0.2) is 0 Å². The smallest absolute Gasteiger partial charge is 0.243 e. The summed E-state index contributed by atoms with van der Waals surface area (Å²) in [6.07, 6.45) is 10.5. The zero-order chi connectivity index (χ0) is 15.3. The van der Waals surface area contributed by atoms with E-state index in [4.69, 9.17) is 0 Å². The van der Waals surface area contributed by atoms with Crippen LogP contribution in [0.3, 0.4) is 0 Å². The number of nitriles is 1. The van der Waals surface area contributed by atoms with Crippen molar-refractivity contribution in [1.29, 1.82) is 5.26 Å². The molecule has 0 saturated heterocycles. The highest BCUT2D eigenvalue weighted by Gasteiger charge is 2.44. The molecule has 0 heterocycles. The highest BCUT2D eigenvalue weighted by molar-refractivity contribution is 5.86. The van der Waals surface area contributed by atoms with Gasteiger partial charge >= 0.3 is 0 Å². The molecule has 2 fully saturated rings. The van der Waals surface area contributed by atoms with Gasteiger partial charge in [0.2, 0.25) is 5.91 Å². The zero-order valence-corrected chi connectivity index (χ0v) is 13.7. The van der Waals surface area contributed by atoms with E-state index < -0.39 is 5.41 Å². The van der Waals surface area contributed by atoms with Crippen LogP contribution in [0.4, 0.5) is 0 Å². The van der Waals surface area contributed by atoms with Crippen molar-refractivity contribution in [3.8, 4) is 6.07 Å². The third kappa shape index (κ3) is 3.78. The fourth-order valence-corrected chi connectivity index (χ4v) is 3.87. The number of hydrogen-bond donors (Lipinski definition) is 0. The second kappa shape index (κ2) is 7.29. The van der Waals surface area contributed by atoms with Gasteiger partial charge in [-0.3, -0.25) is 4.79 Å². The Morgan fingerprint density at radius 1 is 1.19 bits per heavy atom. The SMILES string of the molecule is CC(C)CCN(C(=O)C1(C#N)CCCCC1)C1CCCC1.